The molecule has 0 aliphatic heterocycles. The lowest BCUT2D eigenvalue weighted by Gasteiger charge is -2.11. The molecule has 26 heavy (non-hydrogen) atoms. The molecule has 0 spiro atoms. The van der Waals surface area contributed by atoms with Gasteiger partial charge in [-0.2, -0.15) is 0 Å². The summed E-state index contributed by atoms with van der Waals surface area (Å²) >= 11 is 0. The first kappa shape index (κ1) is 19.7. The molecule has 0 radical (unpaired) electrons. The molecule has 0 unspecified atom stereocenters. The highest BCUT2D eigenvalue weighted by Gasteiger charge is 2.22. The number of phenolic OH excluding ortho intramolecular Hbond substituents is 1. The number of hydrogen-bond donors (Lipinski definition) is 2. The van der Waals surface area contributed by atoms with Crippen molar-refractivity contribution < 1.29 is 26.9 Å². The van der Waals surface area contributed by atoms with Gasteiger partial charge in [-0.05, 0) is 18.2 Å². The summed E-state index contributed by atoms with van der Waals surface area (Å²) < 4.78 is 50.6. The fourth-order valence-electron chi connectivity index (χ4n) is 2.18. The quantitative estimate of drug-likeness (QED) is 0.411. The number of rotatable bonds is 7. The van der Waals surface area contributed by atoms with Crippen molar-refractivity contribution in [3.8, 4) is 5.75 Å². The van der Waals surface area contributed by atoms with Crippen molar-refractivity contribution in [3.05, 3.63) is 58.1 Å². The van der Waals surface area contributed by atoms with Crippen LogP contribution in [0.2, 0.25) is 0 Å². The normalized spacial score (nSPS) is 11.9. The lowest BCUT2D eigenvalue weighted by Crippen LogP contribution is -2.16. The number of para-hydroxylation sites is 1. The minimum absolute atomic E-state index is 0.0400. The number of phenols is 1. The molecule has 0 atom stereocenters. The van der Waals surface area contributed by atoms with Crippen molar-refractivity contribution in [1.29, 1.82) is 0 Å². The van der Waals surface area contributed by atoms with Crippen LogP contribution in [0, 0.1) is 10.1 Å². The van der Waals surface area contributed by atoms with Gasteiger partial charge in [0.15, 0.2) is 9.84 Å². The molecule has 0 aliphatic carbocycles. The summed E-state index contributed by atoms with van der Waals surface area (Å²) in [6.45, 7) is 1.43. The number of nitrogens with zero attached hydrogens (tertiary/aromatic N) is 1. The van der Waals surface area contributed by atoms with Gasteiger partial charge in [-0.15, -0.1) is 0 Å². The highest BCUT2D eigenvalue weighted by Crippen LogP contribution is 2.29. The van der Waals surface area contributed by atoms with Crippen LogP contribution in [-0.2, 0) is 25.6 Å². The van der Waals surface area contributed by atoms with E-state index in [2.05, 4.69) is 4.72 Å². The molecule has 9 nitrogen and oxygen atoms in total. The van der Waals surface area contributed by atoms with E-state index in [9.17, 15) is 32.1 Å². The van der Waals surface area contributed by atoms with Crippen molar-refractivity contribution >= 4 is 31.2 Å². The number of sulfone groups is 1. The van der Waals surface area contributed by atoms with Gasteiger partial charge in [-0.3, -0.25) is 14.8 Å². The van der Waals surface area contributed by atoms with Gasteiger partial charge in [0.2, 0.25) is 10.0 Å². The van der Waals surface area contributed by atoms with E-state index in [-0.39, 0.29) is 27.6 Å². The summed E-state index contributed by atoms with van der Waals surface area (Å²) in [6, 6.07) is 8.58. The standard InChI is InChI=1S/C15H16N2O7S2/c1-2-25(21,22)12-7-8-15(18)13(9-12)16-26(23,24)10-11-5-3-4-6-14(11)17(19)20/h3-9,16,18H,2,10H2,1H3. The first-order chi connectivity index (χ1) is 12.1. The maximum absolute atomic E-state index is 12.3. The number of nitro groups is 1. The second-order valence-electron chi connectivity index (χ2n) is 5.33. The Hall–Kier alpha value is -2.66. The first-order valence-corrected chi connectivity index (χ1v) is 10.6. The van der Waals surface area contributed by atoms with Crippen LogP contribution in [0.3, 0.4) is 0 Å². The Balaban J connectivity index is 2.36. The summed E-state index contributed by atoms with van der Waals surface area (Å²) in [7, 11) is -7.75. The number of nitro benzene ring substituents is 1. The molecule has 0 aromatic heterocycles. The number of anilines is 1. The summed E-state index contributed by atoms with van der Waals surface area (Å²) in [5.74, 6) is -1.37. The molecule has 2 N–H and O–H groups in total. The van der Waals surface area contributed by atoms with Crippen molar-refractivity contribution in [3.63, 3.8) is 0 Å². The van der Waals surface area contributed by atoms with Crippen LogP contribution < -0.4 is 4.72 Å². The Bertz CT molecular complexity index is 1050. The van der Waals surface area contributed by atoms with Gasteiger partial charge in [-0.25, -0.2) is 16.8 Å². The van der Waals surface area contributed by atoms with Gasteiger partial charge in [0, 0.05) is 11.6 Å². The molecule has 0 bridgehead atoms. The minimum atomic E-state index is -4.14. The van der Waals surface area contributed by atoms with E-state index in [1.165, 1.54) is 31.2 Å². The second kappa shape index (κ2) is 7.30. The van der Waals surface area contributed by atoms with Crippen LogP contribution >= 0.6 is 0 Å². The molecule has 0 saturated carbocycles. The maximum Gasteiger partial charge on any atom is 0.273 e. The largest absolute Gasteiger partial charge is 0.506 e. The van der Waals surface area contributed by atoms with Crippen LogP contribution in [0.4, 0.5) is 11.4 Å². The Morgan fingerprint density at radius 2 is 1.77 bits per heavy atom. The fraction of sp³-hybridized carbons (Fsp3) is 0.200. The van der Waals surface area contributed by atoms with Crippen molar-refractivity contribution in [2.24, 2.45) is 0 Å². The summed E-state index contributed by atoms with van der Waals surface area (Å²) in [5, 5.41) is 20.8. The van der Waals surface area contributed by atoms with Gasteiger partial charge in [0.25, 0.3) is 5.69 Å². The zero-order valence-electron chi connectivity index (χ0n) is 13.6. The fourth-order valence-corrected chi connectivity index (χ4v) is 4.31. The Labute approximate surface area is 150 Å². The lowest BCUT2D eigenvalue weighted by atomic mass is 10.2. The zero-order chi connectivity index (χ0) is 19.5. The molecule has 140 valence electrons. The SMILES string of the molecule is CCS(=O)(=O)c1ccc(O)c(NS(=O)(=O)Cc2ccccc2[N+](=O)[O-])c1. The molecule has 0 aliphatic rings. The minimum Gasteiger partial charge on any atom is -0.506 e. The first-order valence-electron chi connectivity index (χ1n) is 7.34. The third kappa shape index (κ3) is 4.49. The third-order valence-electron chi connectivity index (χ3n) is 3.51. The molecule has 0 amide bonds. The molecule has 0 saturated heterocycles. The number of hydrogen-bond acceptors (Lipinski definition) is 7. The predicted octanol–water partition coefficient (Wildman–Crippen LogP) is 2.04. The lowest BCUT2D eigenvalue weighted by molar-refractivity contribution is -0.385. The van der Waals surface area contributed by atoms with Crippen LogP contribution in [0.1, 0.15) is 12.5 Å². The number of aromatic hydroxyl groups is 1. The van der Waals surface area contributed by atoms with Crippen LogP contribution in [0.5, 0.6) is 5.75 Å². The topological polar surface area (TPSA) is 144 Å². The third-order valence-corrected chi connectivity index (χ3v) is 6.46. The average molecular weight is 400 g/mol. The van der Waals surface area contributed by atoms with E-state index in [0.29, 0.717) is 0 Å². The highest BCUT2D eigenvalue weighted by molar-refractivity contribution is 7.92. The van der Waals surface area contributed by atoms with Crippen LogP contribution in [-0.4, -0.2) is 32.6 Å². The van der Waals surface area contributed by atoms with E-state index < -0.39 is 36.3 Å². The molecule has 11 heteroatoms. The summed E-state index contributed by atoms with van der Waals surface area (Å²) in [4.78, 5) is 10.1. The average Bonchev–Trinajstić information content (AvgIpc) is 2.56. The van der Waals surface area contributed by atoms with E-state index >= 15 is 0 Å². The molecular weight excluding hydrogens is 384 g/mol. The van der Waals surface area contributed by atoms with Crippen LogP contribution in [0.25, 0.3) is 0 Å². The molecule has 0 fully saturated rings. The number of nitrogens with one attached hydrogen (secondary N) is 1. The van der Waals surface area contributed by atoms with E-state index in [1.54, 1.807) is 0 Å². The summed E-state index contributed by atoms with van der Waals surface area (Å²) in [5.41, 5.74) is -0.718. The molecule has 2 aromatic carbocycles. The molecule has 2 rings (SSSR count). The smallest absolute Gasteiger partial charge is 0.273 e. The highest BCUT2D eigenvalue weighted by atomic mass is 32.2. The van der Waals surface area contributed by atoms with Crippen molar-refractivity contribution in [2.75, 3.05) is 10.5 Å². The predicted molar refractivity (Wildman–Crippen MR) is 95.2 cm³/mol. The van der Waals surface area contributed by atoms with E-state index in [4.69, 9.17) is 0 Å². The van der Waals surface area contributed by atoms with Crippen LogP contribution in [0.15, 0.2) is 47.4 Å². The maximum atomic E-state index is 12.3. The zero-order valence-corrected chi connectivity index (χ0v) is 15.2. The summed E-state index contributed by atoms with van der Waals surface area (Å²) in [6.07, 6.45) is 0. The van der Waals surface area contributed by atoms with Gasteiger partial charge in [-0.1, -0.05) is 25.1 Å². The number of sulfonamides is 1. The van der Waals surface area contributed by atoms with Gasteiger partial charge in [0.05, 0.1) is 21.3 Å². The monoisotopic (exact) mass is 400 g/mol. The van der Waals surface area contributed by atoms with Gasteiger partial charge < -0.3 is 5.11 Å². The van der Waals surface area contributed by atoms with Gasteiger partial charge >= 0.3 is 0 Å². The Morgan fingerprint density at radius 1 is 1.12 bits per heavy atom. The van der Waals surface area contributed by atoms with Crippen molar-refractivity contribution in [2.45, 2.75) is 17.6 Å². The van der Waals surface area contributed by atoms with Crippen molar-refractivity contribution in [1.82, 2.24) is 0 Å². The second-order valence-corrected chi connectivity index (χ2v) is 9.33. The molecule has 2 aromatic rings. The van der Waals surface area contributed by atoms with E-state index in [0.717, 1.165) is 18.2 Å². The Kier molecular flexibility index (Phi) is 5.52. The molecular formula is C15H16N2O7S2. The number of benzene rings is 2. The molecule has 0 heterocycles. The Morgan fingerprint density at radius 3 is 2.38 bits per heavy atom. The van der Waals surface area contributed by atoms with E-state index in [1.807, 2.05) is 0 Å². The van der Waals surface area contributed by atoms with Gasteiger partial charge in [0.1, 0.15) is 11.5 Å².